The minimum absolute atomic E-state index is 0.272. The van der Waals surface area contributed by atoms with E-state index in [4.69, 9.17) is 4.74 Å². The second kappa shape index (κ2) is 3.97. The molecule has 1 fully saturated rings. The lowest BCUT2D eigenvalue weighted by molar-refractivity contribution is 0.000869. The largest absolute Gasteiger partial charge is 0.373 e. The molecule has 0 bridgehead atoms. The summed E-state index contributed by atoms with van der Waals surface area (Å²) in [5.41, 5.74) is 0.272. The fraction of sp³-hybridized carbons (Fsp3) is 1.00. The Hall–Kier alpha value is -0.0400. The molecule has 1 rings (SSSR count). The Morgan fingerprint density at radius 2 is 1.60 bits per heavy atom. The van der Waals surface area contributed by atoms with E-state index >= 15 is 0 Å². The highest BCUT2D eigenvalue weighted by atomic mass is 16.5. The minimum atomic E-state index is 0.272. The maximum atomic E-state index is 5.55. The van der Waals surface area contributed by atoms with Crippen LogP contribution in [0.2, 0.25) is 0 Å². The van der Waals surface area contributed by atoms with Gasteiger partial charge in [0, 0.05) is 0 Å². The highest BCUT2D eigenvalue weighted by Gasteiger charge is 2.39. The van der Waals surface area contributed by atoms with Crippen LogP contribution in [0.4, 0.5) is 0 Å². The molecule has 0 heterocycles. The van der Waals surface area contributed by atoms with Crippen LogP contribution in [0.25, 0.3) is 0 Å². The molecule has 0 atom stereocenters. The maximum Gasteiger partial charge on any atom is 0.0660 e. The number of rotatable bonds is 2. The second-order valence-corrected chi connectivity index (χ2v) is 3.12. The van der Waals surface area contributed by atoms with Crippen molar-refractivity contribution in [2.24, 2.45) is 0 Å². The van der Waals surface area contributed by atoms with Crippen LogP contribution >= 0.6 is 0 Å². The van der Waals surface area contributed by atoms with E-state index in [1.54, 1.807) is 0 Å². The molecule has 1 heteroatoms. The summed E-state index contributed by atoms with van der Waals surface area (Å²) in [7, 11) is 0. The second-order valence-electron chi connectivity index (χ2n) is 3.12. The van der Waals surface area contributed by atoms with Crippen molar-refractivity contribution in [3.63, 3.8) is 0 Å². The van der Waals surface area contributed by atoms with Crippen LogP contribution in [0.5, 0.6) is 0 Å². The SMILES string of the molecule is CC.CC(C)OC1(C)CC1. The molecule has 1 nitrogen and oxygen atoms in total. The highest BCUT2D eigenvalue weighted by Crippen LogP contribution is 2.39. The quantitative estimate of drug-likeness (QED) is 0.579. The van der Waals surface area contributed by atoms with Crippen LogP contribution in [-0.4, -0.2) is 11.7 Å². The molecule has 1 aliphatic carbocycles. The van der Waals surface area contributed by atoms with E-state index in [0.29, 0.717) is 6.10 Å². The normalized spacial score (nSPS) is 19.8. The molecule has 1 aliphatic rings. The molecular formula is C9H20O. The summed E-state index contributed by atoms with van der Waals surface area (Å²) in [6.45, 7) is 10.3. The Morgan fingerprint density at radius 3 is 1.70 bits per heavy atom. The topological polar surface area (TPSA) is 9.23 Å². The first-order valence-corrected chi connectivity index (χ1v) is 4.30. The van der Waals surface area contributed by atoms with Crippen molar-refractivity contribution in [1.82, 2.24) is 0 Å². The molecule has 0 saturated heterocycles. The van der Waals surface area contributed by atoms with Crippen LogP contribution in [-0.2, 0) is 4.74 Å². The van der Waals surface area contributed by atoms with Crippen molar-refractivity contribution < 1.29 is 4.74 Å². The third-order valence-corrected chi connectivity index (χ3v) is 1.47. The predicted octanol–water partition coefficient (Wildman–Crippen LogP) is 2.99. The summed E-state index contributed by atoms with van der Waals surface area (Å²) in [6, 6.07) is 0. The van der Waals surface area contributed by atoms with Crippen molar-refractivity contribution in [3.05, 3.63) is 0 Å². The molecule has 0 N–H and O–H groups in total. The first-order chi connectivity index (χ1) is 4.62. The van der Waals surface area contributed by atoms with Gasteiger partial charge in [0.1, 0.15) is 0 Å². The maximum absolute atomic E-state index is 5.55. The fourth-order valence-corrected chi connectivity index (χ4v) is 0.863. The third-order valence-electron chi connectivity index (χ3n) is 1.47. The summed E-state index contributed by atoms with van der Waals surface area (Å²) >= 11 is 0. The molecule has 0 aromatic carbocycles. The van der Waals surface area contributed by atoms with Crippen molar-refractivity contribution in [3.8, 4) is 0 Å². The Labute approximate surface area is 64.8 Å². The van der Waals surface area contributed by atoms with Gasteiger partial charge in [-0.3, -0.25) is 0 Å². The first kappa shape index (κ1) is 9.96. The van der Waals surface area contributed by atoms with Crippen LogP contribution in [0.15, 0.2) is 0 Å². The lowest BCUT2D eigenvalue weighted by Crippen LogP contribution is -2.14. The molecule has 0 spiro atoms. The zero-order chi connectivity index (χ0) is 8.20. The molecule has 0 unspecified atom stereocenters. The average molecular weight is 144 g/mol. The van der Waals surface area contributed by atoms with Crippen molar-refractivity contribution in [2.45, 2.75) is 59.2 Å². The lowest BCUT2D eigenvalue weighted by Gasteiger charge is -2.12. The first-order valence-electron chi connectivity index (χ1n) is 4.30. The van der Waals surface area contributed by atoms with Crippen LogP contribution < -0.4 is 0 Å². The number of ether oxygens (including phenoxy) is 1. The summed E-state index contributed by atoms with van der Waals surface area (Å²) in [5.74, 6) is 0. The summed E-state index contributed by atoms with van der Waals surface area (Å²) in [6.07, 6.45) is 2.92. The van der Waals surface area contributed by atoms with Gasteiger partial charge in [-0.15, -0.1) is 0 Å². The summed E-state index contributed by atoms with van der Waals surface area (Å²) < 4.78 is 5.55. The van der Waals surface area contributed by atoms with Crippen molar-refractivity contribution in [1.29, 1.82) is 0 Å². The zero-order valence-corrected chi connectivity index (χ0v) is 7.90. The highest BCUT2D eigenvalue weighted by molar-refractivity contribution is 4.90. The predicted molar refractivity (Wildman–Crippen MR) is 45.2 cm³/mol. The Kier molecular flexibility index (Phi) is 3.95. The van der Waals surface area contributed by atoms with Gasteiger partial charge in [0.15, 0.2) is 0 Å². The average Bonchev–Trinajstić information content (AvgIpc) is 2.51. The molecule has 0 radical (unpaired) electrons. The van der Waals surface area contributed by atoms with Crippen molar-refractivity contribution in [2.75, 3.05) is 0 Å². The van der Waals surface area contributed by atoms with Gasteiger partial charge in [-0.2, -0.15) is 0 Å². The molecule has 62 valence electrons. The molecule has 0 aliphatic heterocycles. The monoisotopic (exact) mass is 144 g/mol. The standard InChI is InChI=1S/C7H14O.C2H6/c1-6(2)8-7(3)4-5-7;1-2/h6H,4-5H2,1-3H3;1-2H3. The van der Waals surface area contributed by atoms with Crippen LogP contribution in [0.1, 0.15) is 47.5 Å². The fourth-order valence-electron chi connectivity index (χ4n) is 0.863. The van der Waals surface area contributed by atoms with E-state index in [2.05, 4.69) is 20.8 Å². The Bertz CT molecular complexity index is 82.7. The Morgan fingerprint density at radius 1 is 1.20 bits per heavy atom. The van der Waals surface area contributed by atoms with Gasteiger partial charge in [-0.05, 0) is 33.6 Å². The molecule has 1 saturated carbocycles. The molecule has 0 amide bonds. The van der Waals surface area contributed by atoms with E-state index in [0.717, 1.165) is 0 Å². The van der Waals surface area contributed by atoms with E-state index in [1.807, 2.05) is 13.8 Å². The minimum Gasteiger partial charge on any atom is -0.373 e. The summed E-state index contributed by atoms with van der Waals surface area (Å²) in [5, 5.41) is 0. The third kappa shape index (κ3) is 3.89. The summed E-state index contributed by atoms with van der Waals surface area (Å²) in [4.78, 5) is 0. The van der Waals surface area contributed by atoms with Gasteiger partial charge >= 0.3 is 0 Å². The molecule has 0 aromatic rings. The zero-order valence-electron chi connectivity index (χ0n) is 7.90. The number of hydrogen-bond acceptors (Lipinski definition) is 1. The van der Waals surface area contributed by atoms with E-state index in [-0.39, 0.29) is 5.60 Å². The molecular weight excluding hydrogens is 124 g/mol. The van der Waals surface area contributed by atoms with E-state index in [9.17, 15) is 0 Å². The van der Waals surface area contributed by atoms with Crippen molar-refractivity contribution >= 4 is 0 Å². The lowest BCUT2D eigenvalue weighted by atomic mass is 10.4. The van der Waals surface area contributed by atoms with Gasteiger partial charge in [-0.25, -0.2) is 0 Å². The smallest absolute Gasteiger partial charge is 0.0660 e. The van der Waals surface area contributed by atoms with Gasteiger partial charge in [0.25, 0.3) is 0 Å². The van der Waals surface area contributed by atoms with Crippen LogP contribution in [0.3, 0.4) is 0 Å². The molecule has 0 aromatic heterocycles. The number of hydrogen-bond donors (Lipinski definition) is 0. The van der Waals surface area contributed by atoms with Gasteiger partial charge < -0.3 is 4.74 Å². The Balaban J connectivity index is 0.000000371. The van der Waals surface area contributed by atoms with E-state index < -0.39 is 0 Å². The van der Waals surface area contributed by atoms with E-state index in [1.165, 1.54) is 12.8 Å². The van der Waals surface area contributed by atoms with Gasteiger partial charge in [0.2, 0.25) is 0 Å². The van der Waals surface area contributed by atoms with Crippen LogP contribution in [0, 0.1) is 0 Å². The van der Waals surface area contributed by atoms with Gasteiger partial charge in [-0.1, -0.05) is 13.8 Å². The molecule has 10 heavy (non-hydrogen) atoms. The van der Waals surface area contributed by atoms with Gasteiger partial charge in [0.05, 0.1) is 11.7 Å².